The second kappa shape index (κ2) is 8.01. The largest absolute Gasteiger partial charge is 0.376 e. The molecule has 1 aromatic heterocycles. The molecule has 27 heavy (non-hydrogen) atoms. The van der Waals surface area contributed by atoms with E-state index in [1.54, 1.807) is 47.1 Å². The fourth-order valence-electron chi connectivity index (χ4n) is 2.56. The number of benzene rings is 2. The Kier molecular flexibility index (Phi) is 5.52. The Labute approximate surface area is 161 Å². The molecular weight excluding hydrogens is 366 g/mol. The van der Waals surface area contributed by atoms with Crippen LogP contribution < -0.4 is 10.2 Å². The van der Waals surface area contributed by atoms with Crippen molar-refractivity contribution < 1.29 is 9.59 Å². The fraction of sp³-hybridized carbons (Fsp3) is 0.158. The minimum absolute atomic E-state index is 0.270. The zero-order chi connectivity index (χ0) is 19.4. The van der Waals surface area contributed by atoms with Crippen molar-refractivity contribution in [2.45, 2.75) is 6.42 Å². The van der Waals surface area contributed by atoms with Gasteiger partial charge in [0, 0.05) is 25.3 Å². The van der Waals surface area contributed by atoms with Crippen molar-refractivity contribution in [1.82, 2.24) is 14.8 Å². The molecule has 0 radical (unpaired) electrons. The first-order chi connectivity index (χ1) is 12.9. The van der Waals surface area contributed by atoms with Gasteiger partial charge in [0.2, 0.25) is 5.91 Å². The molecule has 3 rings (SSSR count). The van der Waals surface area contributed by atoms with Gasteiger partial charge in [-0.3, -0.25) is 9.59 Å². The van der Waals surface area contributed by atoms with Crippen LogP contribution in [0.4, 0.5) is 11.4 Å². The Morgan fingerprint density at radius 2 is 2.00 bits per heavy atom. The molecule has 1 heterocycles. The maximum absolute atomic E-state index is 12.4. The minimum atomic E-state index is -0.403. The normalized spacial score (nSPS) is 10.5. The van der Waals surface area contributed by atoms with Crippen LogP contribution in [0.3, 0.4) is 0 Å². The van der Waals surface area contributed by atoms with Crippen LogP contribution in [0.1, 0.15) is 16.8 Å². The van der Waals surface area contributed by atoms with E-state index in [9.17, 15) is 9.59 Å². The molecular formula is C19H18ClN5O2. The van der Waals surface area contributed by atoms with Gasteiger partial charge in [-0.2, -0.15) is 5.10 Å². The SMILES string of the molecule is CN(C)c1ccc(NC(=O)CC(=O)c2cccc(-n3cncn3)c2)cc1Cl. The second-order valence-corrected chi connectivity index (χ2v) is 6.51. The Balaban J connectivity index is 1.67. The molecule has 0 bridgehead atoms. The fourth-order valence-corrected chi connectivity index (χ4v) is 2.91. The van der Waals surface area contributed by atoms with E-state index in [0.29, 0.717) is 22.0 Å². The number of aromatic nitrogens is 3. The van der Waals surface area contributed by atoms with Crippen molar-refractivity contribution in [1.29, 1.82) is 0 Å². The first kappa shape index (κ1) is 18.6. The molecule has 1 N–H and O–H groups in total. The number of halogens is 1. The third-order valence-electron chi connectivity index (χ3n) is 3.89. The molecule has 0 aliphatic rings. The van der Waals surface area contributed by atoms with Crippen LogP contribution in [-0.4, -0.2) is 40.6 Å². The Hall–Kier alpha value is -3.19. The van der Waals surface area contributed by atoms with Gasteiger partial charge in [-0.15, -0.1) is 0 Å². The van der Waals surface area contributed by atoms with Crippen LogP contribution in [0.15, 0.2) is 55.1 Å². The minimum Gasteiger partial charge on any atom is -0.376 e. The van der Waals surface area contributed by atoms with Gasteiger partial charge >= 0.3 is 0 Å². The lowest BCUT2D eigenvalue weighted by Crippen LogP contribution is -2.17. The number of hydrogen-bond acceptors (Lipinski definition) is 5. The number of rotatable bonds is 6. The summed E-state index contributed by atoms with van der Waals surface area (Å²) in [4.78, 5) is 30.4. The molecule has 0 atom stereocenters. The lowest BCUT2D eigenvalue weighted by Gasteiger charge is -2.15. The number of carbonyl (C=O) groups excluding carboxylic acids is 2. The maximum atomic E-state index is 12.4. The summed E-state index contributed by atoms with van der Waals surface area (Å²) >= 11 is 6.20. The summed E-state index contributed by atoms with van der Waals surface area (Å²) in [5.41, 5.74) is 2.51. The molecule has 7 nitrogen and oxygen atoms in total. The monoisotopic (exact) mass is 383 g/mol. The van der Waals surface area contributed by atoms with Crippen LogP contribution >= 0.6 is 11.6 Å². The summed E-state index contributed by atoms with van der Waals surface area (Å²) in [6.07, 6.45) is 2.68. The number of amides is 1. The lowest BCUT2D eigenvalue weighted by molar-refractivity contribution is -0.115. The predicted octanol–water partition coefficient (Wildman–Crippen LogP) is 3.20. The van der Waals surface area contributed by atoms with Gasteiger partial charge < -0.3 is 10.2 Å². The van der Waals surface area contributed by atoms with Crippen molar-refractivity contribution in [3.63, 3.8) is 0 Å². The number of hydrogen-bond donors (Lipinski definition) is 1. The summed E-state index contributed by atoms with van der Waals surface area (Å²) < 4.78 is 1.55. The second-order valence-electron chi connectivity index (χ2n) is 6.10. The van der Waals surface area contributed by atoms with Crippen molar-refractivity contribution in [3.8, 4) is 5.69 Å². The van der Waals surface area contributed by atoms with Gasteiger partial charge in [0.25, 0.3) is 0 Å². The Morgan fingerprint density at radius 3 is 2.67 bits per heavy atom. The van der Waals surface area contributed by atoms with Crippen molar-refractivity contribution >= 4 is 34.7 Å². The number of nitrogens with one attached hydrogen (secondary N) is 1. The first-order valence-electron chi connectivity index (χ1n) is 8.19. The van der Waals surface area contributed by atoms with Gasteiger partial charge in [-0.25, -0.2) is 9.67 Å². The average molecular weight is 384 g/mol. The zero-order valence-corrected chi connectivity index (χ0v) is 15.6. The van der Waals surface area contributed by atoms with Crippen LogP contribution in [0.5, 0.6) is 0 Å². The molecule has 0 saturated carbocycles. The van der Waals surface area contributed by atoms with Crippen molar-refractivity contribution in [2.24, 2.45) is 0 Å². The maximum Gasteiger partial charge on any atom is 0.232 e. The molecule has 0 aliphatic heterocycles. The van der Waals surface area contributed by atoms with Gasteiger partial charge in [-0.1, -0.05) is 23.7 Å². The van der Waals surface area contributed by atoms with E-state index < -0.39 is 5.91 Å². The van der Waals surface area contributed by atoms with E-state index >= 15 is 0 Å². The number of anilines is 2. The first-order valence-corrected chi connectivity index (χ1v) is 8.57. The molecule has 2 aromatic carbocycles. The summed E-state index contributed by atoms with van der Waals surface area (Å²) in [6, 6.07) is 12.1. The van der Waals surface area contributed by atoms with Gasteiger partial charge in [0.15, 0.2) is 5.78 Å². The molecule has 0 unspecified atom stereocenters. The van der Waals surface area contributed by atoms with Crippen LogP contribution in [0.25, 0.3) is 5.69 Å². The third-order valence-corrected chi connectivity index (χ3v) is 4.19. The molecule has 8 heteroatoms. The molecule has 0 saturated heterocycles. The predicted molar refractivity (Wildman–Crippen MR) is 105 cm³/mol. The average Bonchev–Trinajstić information content (AvgIpc) is 3.16. The van der Waals surface area contributed by atoms with Crippen LogP contribution in [0, 0.1) is 0 Å². The third kappa shape index (κ3) is 4.51. The van der Waals surface area contributed by atoms with E-state index in [4.69, 9.17) is 11.6 Å². The summed E-state index contributed by atoms with van der Waals surface area (Å²) in [5, 5.41) is 7.25. The number of nitrogens with zero attached hydrogens (tertiary/aromatic N) is 4. The summed E-state index contributed by atoms with van der Waals surface area (Å²) in [6.45, 7) is 0. The molecule has 0 fully saturated rings. The summed E-state index contributed by atoms with van der Waals surface area (Å²) in [5.74, 6) is -0.690. The van der Waals surface area contributed by atoms with Crippen molar-refractivity contribution in [2.75, 3.05) is 24.3 Å². The smallest absolute Gasteiger partial charge is 0.232 e. The Bertz CT molecular complexity index is 970. The van der Waals surface area contributed by atoms with E-state index in [0.717, 1.165) is 5.69 Å². The molecule has 3 aromatic rings. The number of Topliss-reactive ketones (excluding diaryl/α,β-unsaturated/α-hetero) is 1. The van der Waals surface area contributed by atoms with Crippen molar-refractivity contribution in [3.05, 3.63) is 65.7 Å². The molecule has 1 amide bonds. The molecule has 0 aliphatic carbocycles. The summed E-state index contributed by atoms with van der Waals surface area (Å²) in [7, 11) is 3.76. The quantitative estimate of drug-likeness (QED) is 0.522. The Morgan fingerprint density at radius 1 is 1.19 bits per heavy atom. The lowest BCUT2D eigenvalue weighted by atomic mass is 10.1. The van der Waals surface area contributed by atoms with Gasteiger partial charge in [-0.05, 0) is 30.3 Å². The highest BCUT2D eigenvalue weighted by atomic mass is 35.5. The highest BCUT2D eigenvalue weighted by Gasteiger charge is 2.14. The molecule has 138 valence electrons. The van der Waals surface area contributed by atoms with E-state index in [-0.39, 0.29) is 12.2 Å². The van der Waals surface area contributed by atoms with Gasteiger partial charge in [0.1, 0.15) is 12.7 Å². The van der Waals surface area contributed by atoms with E-state index in [2.05, 4.69) is 15.4 Å². The molecule has 0 spiro atoms. The van der Waals surface area contributed by atoms with Gasteiger partial charge in [0.05, 0.1) is 22.8 Å². The van der Waals surface area contributed by atoms with E-state index in [1.165, 1.54) is 12.7 Å². The topological polar surface area (TPSA) is 80.1 Å². The highest BCUT2D eigenvalue weighted by molar-refractivity contribution is 6.33. The standard InChI is InChI=1S/C19H18ClN5O2/c1-24(2)17-7-6-14(9-16(17)20)23-19(27)10-18(26)13-4-3-5-15(8-13)25-12-21-11-22-25/h3-9,11-12H,10H2,1-2H3,(H,23,27). The van der Waals surface area contributed by atoms with Crippen LogP contribution in [-0.2, 0) is 4.79 Å². The number of carbonyl (C=O) groups is 2. The number of ketones is 1. The van der Waals surface area contributed by atoms with Crippen LogP contribution in [0.2, 0.25) is 5.02 Å². The van der Waals surface area contributed by atoms with E-state index in [1.807, 2.05) is 19.0 Å². The highest BCUT2D eigenvalue weighted by Crippen LogP contribution is 2.27. The zero-order valence-electron chi connectivity index (χ0n) is 14.9.